The number of methoxy groups -OCH3 is 1. The molecular weight excluding hydrogens is 278 g/mol. The molecule has 0 saturated heterocycles. The molecule has 2 nitrogen and oxygen atoms in total. The molecule has 0 heterocycles. The van der Waals surface area contributed by atoms with Crippen LogP contribution in [0.15, 0.2) is 28.7 Å². The number of nitrogens with one attached hydrogen (secondary N) is 1. The van der Waals surface area contributed by atoms with Crippen LogP contribution >= 0.6 is 15.9 Å². The molecule has 17 heavy (non-hydrogen) atoms. The zero-order chi connectivity index (χ0) is 12.7. The van der Waals surface area contributed by atoms with Crippen LogP contribution in [0.3, 0.4) is 0 Å². The SMILES string of the molecule is CCC(COC)NC(CC)c1cccc(Br)c1. The lowest BCUT2D eigenvalue weighted by Crippen LogP contribution is -2.35. The normalized spacial score (nSPS) is 14.6. The van der Waals surface area contributed by atoms with Crippen molar-refractivity contribution in [2.75, 3.05) is 13.7 Å². The van der Waals surface area contributed by atoms with Crippen molar-refractivity contribution in [3.8, 4) is 0 Å². The highest BCUT2D eigenvalue weighted by Gasteiger charge is 2.14. The Balaban J connectivity index is 2.70. The molecule has 1 N–H and O–H groups in total. The van der Waals surface area contributed by atoms with Gasteiger partial charge in [0.15, 0.2) is 0 Å². The molecule has 0 amide bonds. The first-order valence-electron chi connectivity index (χ1n) is 6.21. The zero-order valence-electron chi connectivity index (χ0n) is 10.9. The first-order valence-corrected chi connectivity index (χ1v) is 7.01. The summed E-state index contributed by atoms with van der Waals surface area (Å²) in [5.74, 6) is 0. The third kappa shape index (κ3) is 4.78. The van der Waals surface area contributed by atoms with Gasteiger partial charge in [-0.05, 0) is 30.5 Å². The molecule has 2 unspecified atom stereocenters. The van der Waals surface area contributed by atoms with Crippen molar-refractivity contribution in [1.82, 2.24) is 5.32 Å². The van der Waals surface area contributed by atoms with E-state index in [0.29, 0.717) is 12.1 Å². The molecule has 2 atom stereocenters. The minimum absolute atomic E-state index is 0.396. The number of benzene rings is 1. The third-order valence-corrected chi connectivity index (χ3v) is 3.45. The van der Waals surface area contributed by atoms with Crippen LogP contribution in [-0.2, 0) is 4.74 Å². The van der Waals surface area contributed by atoms with Crippen LogP contribution in [0.1, 0.15) is 38.3 Å². The van der Waals surface area contributed by atoms with E-state index in [4.69, 9.17) is 4.74 Å². The van der Waals surface area contributed by atoms with E-state index in [0.717, 1.165) is 23.9 Å². The Bertz CT molecular complexity index is 330. The summed E-state index contributed by atoms with van der Waals surface area (Å²) in [7, 11) is 1.75. The molecule has 0 aromatic heterocycles. The molecule has 0 aliphatic carbocycles. The Morgan fingerprint density at radius 1 is 1.29 bits per heavy atom. The van der Waals surface area contributed by atoms with E-state index in [9.17, 15) is 0 Å². The average Bonchev–Trinajstić information content (AvgIpc) is 2.34. The number of ether oxygens (including phenoxy) is 1. The van der Waals surface area contributed by atoms with Gasteiger partial charge in [-0.15, -0.1) is 0 Å². The Hall–Kier alpha value is -0.380. The van der Waals surface area contributed by atoms with Crippen LogP contribution in [0, 0.1) is 0 Å². The van der Waals surface area contributed by atoms with E-state index in [1.54, 1.807) is 7.11 Å². The first kappa shape index (κ1) is 14.7. The van der Waals surface area contributed by atoms with Gasteiger partial charge in [-0.3, -0.25) is 0 Å². The summed E-state index contributed by atoms with van der Waals surface area (Å²) in [6, 6.07) is 9.31. The summed E-state index contributed by atoms with van der Waals surface area (Å²) >= 11 is 3.52. The molecule has 3 heteroatoms. The molecule has 1 aromatic rings. The molecule has 0 fully saturated rings. The van der Waals surface area contributed by atoms with Gasteiger partial charge in [0.25, 0.3) is 0 Å². The highest BCUT2D eigenvalue weighted by atomic mass is 79.9. The van der Waals surface area contributed by atoms with Gasteiger partial charge in [-0.1, -0.05) is 41.9 Å². The molecule has 0 bridgehead atoms. The van der Waals surface area contributed by atoms with E-state index in [-0.39, 0.29) is 0 Å². The Morgan fingerprint density at radius 3 is 2.59 bits per heavy atom. The first-order chi connectivity index (χ1) is 8.21. The summed E-state index contributed by atoms with van der Waals surface area (Å²) in [6.07, 6.45) is 2.16. The van der Waals surface area contributed by atoms with Gasteiger partial charge in [0, 0.05) is 23.7 Å². The monoisotopic (exact) mass is 299 g/mol. The van der Waals surface area contributed by atoms with Gasteiger partial charge >= 0.3 is 0 Å². The predicted octanol–water partition coefficient (Wildman–Crippen LogP) is 3.91. The largest absolute Gasteiger partial charge is 0.383 e. The van der Waals surface area contributed by atoms with E-state index >= 15 is 0 Å². The van der Waals surface area contributed by atoms with Crippen LogP contribution in [0.4, 0.5) is 0 Å². The van der Waals surface area contributed by atoms with Crippen LogP contribution < -0.4 is 5.32 Å². The van der Waals surface area contributed by atoms with Gasteiger partial charge < -0.3 is 10.1 Å². The van der Waals surface area contributed by atoms with E-state index in [1.807, 2.05) is 0 Å². The molecule has 96 valence electrons. The maximum atomic E-state index is 5.23. The number of rotatable bonds is 7. The van der Waals surface area contributed by atoms with Crippen LogP contribution in [0.5, 0.6) is 0 Å². The van der Waals surface area contributed by atoms with E-state index in [2.05, 4.69) is 59.4 Å². The van der Waals surface area contributed by atoms with Crippen molar-refractivity contribution >= 4 is 15.9 Å². The molecule has 0 radical (unpaired) electrons. The second-order valence-corrected chi connectivity index (χ2v) is 5.16. The van der Waals surface area contributed by atoms with Gasteiger partial charge in [0.1, 0.15) is 0 Å². The smallest absolute Gasteiger partial charge is 0.0615 e. The van der Waals surface area contributed by atoms with Crippen molar-refractivity contribution in [2.45, 2.75) is 38.8 Å². The summed E-state index contributed by atoms with van der Waals surface area (Å²) in [6.45, 7) is 5.16. The summed E-state index contributed by atoms with van der Waals surface area (Å²) in [5.41, 5.74) is 1.33. The fourth-order valence-electron chi connectivity index (χ4n) is 1.94. The Morgan fingerprint density at radius 2 is 2.06 bits per heavy atom. The van der Waals surface area contributed by atoms with Gasteiger partial charge in [0.05, 0.1) is 6.61 Å². The van der Waals surface area contributed by atoms with E-state index < -0.39 is 0 Å². The highest BCUT2D eigenvalue weighted by molar-refractivity contribution is 9.10. The van der Waals surface area contributed by atoms with Crippen molar-refractivity contribution in [3.63, 3.8) is 0 Å². The minimum atomic E-state index is 0.396. The van der Waals surface area contributed by atoms with Gasteiger partial charge in [0.2, 0.25) is 0 Å². The summed E-state index contributed by atoms with van der Waals surface area (Å²) < 4.78 is 6.36. The highest BCUT2D eigenvalue weighted by Crippen LogP contribution is 2.21. The van der Waals surface area contributed by atoms with Crippen molar-refractivity contribution in [1.29, 1.82) is 0 Å². The minimum Gasteiger partial charge on any atom is -0.383 e. The molecule has 0 saturated carbocycles. The summed E-state index contributed by atoms with van der Waals surface area (Å²) in [4.78, 5) is 0. The second kappa shape index (κ2) is 7.85. The summed E-state index contributed by atoms with van der Waals surface area (Å²) in [5, 5.41) is 3.65. The maximum absolute atomic E-state index is 5.23. The predicted molar refractivity (Wildman–Crippen MR) is 76.3 cm³/mol. The van der Waals surface area contributed by atoms with Gasteiger partial charge in [-0.2, -0.15) is 0 Å². The topological polar surface area (TPSA) is 21.3 Å². The molecule has 1 aromatic carbocycles. The number of hydrogen-bond donors (Lipinski definition) is 1. The van der Waals surface area contributed by atoms with Crippen LogP contribution in [-0.4, -0.2) is 19.8 Å². The van der Waals surface area contributed by atoms with Crippen LogP contribution in [0.2, 0.25) is 0 Å². The van der Waals surface area contributed by atoms with Gasteiger partial charge in [-0.25, -0.2) is 0 Å². The van der Waals surface area contributed by atoms with Crippen molar-refractivity contribution < 1.29 is 4.74 Å². The molecule has 0 aliphatic heterocycles. The molecular formula is C14H22BrNO. The molecule has 0 aliphatic rings. The third-order valence-electron chi connectivity index (χ3n) is 2.96. The van der Waals surface area contributed by atoms with Crippen molar-refractivity contribution in [2.24, 2.45) is 0 Å². The van der Waals surface area contributed by atoms with E-state index in [1.165, 1.54) is 5.56 Å². The van der Waals surface area contributed by atoms with Crippen molar-refractivity contribution in [3.05, 3.63) is 34.3 Å². The average molecular weight is 300 g/mol. The number of halogens is 1. The quantitative estimate of drug-likeness (QED) is 0.824. The zero-order valence-corrected chi connectivity index (χ0v) is 12.5. The Labute approximate surface area is 113 Å². The molecule has 0 spiro atoms. The Kier molecular flexibility index (Phi) is 6.78. The fraction of sp³-hybridized carbons (Fsp3) is 0.571. The number of hydrogen-bond acceptors (Lipinski definition) is 2. The lowest BCUT2D eigenvalue weighted by molar-refractivity contribution is 0.158. The molecule has 1 rings (SSSR count). The second-order valence-electron chi connectivity index (χ2n) is 4.24. The fourth-order valence-corrected chi connectivity index (χ4v) is 2.36. The standard InChI is InChI=1S/C14H22BrNO/c1-4-13(10-17-3)16-14(5-2)11-7-6-8-12(15)9-11/h6-9,13-14,16H,4-5,10H2,1-3H3. The van der Waals surface area contributed by atoms with Crippen LogP contribution in [0.25, 0.3) is 0 Å². The lowest BCUT2D eigenvalue weighted by atomic mass is 10.0. The lowest BCUT2D eigenvalue weighted by Gasteiger charge is -2.24. The maximum Gasteiger partial charge on any atom is 0.0615 e.